The van der Waals surface area contributed by atoms with Gasteiger partial charge in [0.25, 0.3) is 0 Å². The molecule has 146 valence electrons. The zero-order valence-corrected chi connectivity index (χ0v) is 17.4. The van der Waals surface area contributed by atoms with E-state index in [9.17, 15) is 4.79 Å². The van der Waals surface area contributed by atoms with Gasteiger partial charge in [-0.25, -0.2) is 4.68 Å². The van der Waals surface area contributed by atoms with Crippen LogP contribution in [0.5, 0.6) is 11.5 Å². The standard InChI is InChI=1S/C21H22BrN3O3/c1-27-17-8-9-19(28-2)15(13-17)7-10-21(26)24-20-11-12-23-25(20)14-16-5-3-4-6-18(16)22/h3-6,8-9,11-13H,7,10,14H2,1-2H3,(H,24,26). The van der Waals surface area contributed by atoms with Crippen LogP contribution in [-0.4, -0.2) is 29.9 Å². The number of aromatic nitrogens is 2. The topological polar surface area (TPSA) is 65.4 Å². The Morgan fingerprint density at radius 3 is 2.68 bits per heavy atom. The number of carbonyl (C=O) groups is 1. The van der Waals surface area contributed by atoms with Gasteiger partial charge >= 0.3 is 0 Å². The summed E-state index contributed by atoms with van der Waals surface area (Å²) in [5.74, 6) is 2.06. The maximum Gasteiger partial charge on any atom is 0.225 e. The number of rotatable bonds is 8. The summed E-state index contributed by atoms with van der Waals surface area (Å²) in [4.78, 5) is 12.5. The molecule has 0 aliphatic heterocycles. The monoisotopic (exact) mass is 443 g/mol. The normalized spacial score (nSPS) is 10.5. The van der Waals surface area contributed by atoms with E-state index in [1.165, 1.54) is 0 Å². The van der Waals surface area contributed by atoms with Crippen molar-refractivity contribution >= 4 is 27.7 Å². The largest absolute Gasteiger partial charge is 0.497 e. The maximum atomic E-state index is 12.5. The van der Waals surface area contributed by atoms with Gasteiger partial charge in [-0.3, -0.25) is 4.79 Å². The van der Waals surface area contributed by atoms with Gasteiger partial charge in [0.05, 0.1) is 27.0 Å². The Morgan fingerprint density at radius 1 is 1.11 bits per heavy atom. The van der Waals surface area contributed by atoms with Gasteiger partial charge in [0.2, 0.25) is 5.91 Å². The lowest BCUT2D eigenvalue weighted by Gasteiger charge is -2.12. The molecule has 0 atom stereocenters. The molecule has 2 aromatic carbocycles. The number of hydrogen-bond acceptors (Lipinski definition) is 4. The van der Waals surface area contributed by atoms with Gasteiger partial charge in [0, 0.05) is 17.0 Å². The SMILES string of the molecule is COc1ccc(OC)c(CCC(=O)Nc2ccnn2Cc2ccccc2Br)c1. The lowest BCUT2D eigenvalue weighted by atomic mass is 10.1. The first-order chi connectivity index (χ1) is 13.6. The highest BCUT2D eigenvalue weighted by Gasteiger charge is 2.11. The van der Waals surface area contributed by atoms with E-state index in [4.69, 9.17) is 9.47 Å². The molecule has 0 aliphatic carbocycles. The molecule has 1 N–H and O–H groups in total. The van der Waals surface area contributed by atoms with Crippen LogP contribution in [-0.2, 0) is 17.8 Å². The number of nitrogens with zero attached hydrogens (tertiary/aromatic N) is 2. The fraction of sp³-hybridized carbons (Fsp3) is 0.238. The van der Waals surface area contributed by atoms with Gasteiger partial charge in [-0.1, -0.05) is 34.1 Å². The van der Waals surface area contributed by atoms with Gasteiger partial charge in [-0.2, -0.15) is 5.10 Å². The van der Waals surface area contributed by atoms with E-state index >= 15 is 0 Å². The molecule has 7 heteroatoms. The van der Waals surface area contributed by atoms with Gasteiger partial charge in [-0.15, -0.1) is 0 Å². The number of ether oxygens (including phenoxy) is 2. The van der Waals surface area contributed by atoms with E-state index in [2.05, 4.69) is 26.3 Å². The quantitative estimate of drug-likeness (QED) is 0.563. The first-order valence-corrected chi connectivity index (χ1v) is 9.66. The first kappa shape index (κ1) is 19.9. The minimum absolute atomic E-state index is 0.0845. The smallest absolute Gasteiger partial charge is 0.225 e. The number of anilines is 1. The Labute approximate surface area is 172 Å². The summed E-state index contributed by atoms with van der Waals surface area (Å²) < 4.78 is 13.4. The van der Waals surface area contributed by atoms with Crippen LogP contribution in [0.15, 0.2) is 59.2 Å². The molecule has 28 heavy (non-hydrogen) atoms. The second kappa shape index (κ2) is 9.41. The van der Waals surface area contributed by atoms with Crippen LogP contribution in [0.25, 0.3) is 0 Å². The van der Waals surface area contributed by atoms with Gasteiger partial charge in [0.1, 0.15) is 17.3 Å². The van der Waals surface area contributed by atoms with Crippen molar-refractivity contribution in [3.63, 3.8) is 0 Å². The highest BCUT2D eigenvalue weighted by Crippen LogP contribution is 2.25. The zero-order valence-electron chi connectivity index (χ0n) is 15.8. The third-order valence-electron chi connectivity index (χ3n) is 4.37. The number of hydrogen-bond donors (Lipinski definition) is 1. The third-order valence-corrected chi connectivity index (χ3v) is 5.14. The maximum absolute atomic E-state index is 12.5. The Balaban J connectivity index is 1.64. The number of amides is 1. The predicted octanol–water partition coefficient (Wildman–Crippen LogP) is 4.28. The van der Waals surface area contributed by atoms with Crippen LogP contribution >= 0.6 is 15.9 Å². The Hall–Kier alpha value is -2.80. The van der Waals surface area contributed by atoms with Crippen LogP contribution in [0.4, 0.5) is 5.82 Å². The second-order valence-corrected chi connectivity index (χ2v) is 7.05. The zero-order chi connectivity index (χ0) is 19.9. The first-order valence-electron chi connectivity index (χ1n) is 8.86. The van der Waals surface area contributed by atoms with Crippen molar-refractivity contribution < 1.29 is 14.3 Å². The highest BCUT2D eigenvalue weighted by molar-refractivity contribution is 9.10. The van der Waals surface area contributed by atoms with Crippen LogP contribution < -0.4 is 14.8 Å². The molecule has 0 unspecified atom stereocenters. The minimum Gasteiger partial charge on any atom is -0.497 e. The summed E-state index contributed by atoms with van der Waals surface area (Å²) in [6, 6.07) is 15.3. The number of nitrogens with one attached hydrogen (secondary N) is 1. The molecule has 0 spiro atoms. The van der Waals surface area contributed by atoms with E-state index in [-0.39, 0.29) is 5.91 Å². The molecule has 1 heterocycles. The molecule has 1 amide bonds. The average Bonchev–Trinajstić information content (AvgIpc) is 3.14. The predicted molar refractivity (Wildman–Crippen MR) is 112 cm³/mol. The molecule has 0 fully saturated rings. The van der Waals surface area contributed by atoms with Gasteiger partial charge in [0.15, 0.2) is 0 Å². The number of carbonyl (C=O) groups excluding carboxylic acids is 1. The van der Waals surface area contributed by atoms with Crippen LogP contribution in [0.3, 0.4) is 0 Å². The van der Waals surface area contributed by atoms with Crippen molar-refractivity contribution in [3.8, 4) is 11.5 Å². The van der Waals surface area contributed by atoms with E-state index in [0.717, 1.165) is 27.1 Å². The Morgan fingerprint density at radius 2 is 1.93 bits per heavy atom. The lowest BCUT2D eigenvalue weighted by Crippen LogP contribution is -2.16. The van der Waals surface area contributed by atoms with Crippen molar-refractivity contribution in [2.75, 3.05) is 19.5 Å². The molecule has 0 bridgehead atoms. The third kappa shape index (κ3) is 4.92. The number of benzene rings is 2. The number of methoxy groups -OCH3 is 2. The van der Waals surface area contributed by atoms with Crippen molar-refractivity contribution in [2.24, 2.45) is 0 Å². The molecule has 6 nitrogen and oxygen atoms in total. The minimum atomic E-state index is -0.0845. The van der Waals surface area contributed by atoms with Crippen LogP contribution in [0.2, 0.25) is 0 Å². The second-order valence-electron chi connectivity index (χ2n) is 6.19. The molecule has 0 radical (unpaired) electrons. The van der Waals surface area contributed by atoms with Crippen molar-refractivity contribution in [1.29, 1.82) is 0 Å². The summed E-state index contributed by atoms with van der Waals surface area (Å²) in [6.45, 7) is 0.563. The number of halogens is 1. The van der Waals surface area contributed by atoms with E-state index < -0.39 is 0 Å². The number of aryl methyl sites for hydroxylation is 1. The molecule has 0 saturated heterocycles. The van der Waals surface area contributed by atoms with Crippen molar-refractivity contribution in [3.05, 3.63) is 70.3 Å². The Kier molecular flexibility index (Phi) is 6.71. The van der Waals surface area contributed by atoms with Crippen molar-refractivity contribution in [2.45, 2.75) is 19.4 Å². The molecule has 3 rings (SSSR count). The van der Waals surface area contributed by atoms with Crippen LogP contribution in [0, 0.1) is 0 Å². The van der Waals surface area contributed by atoms with E-state index in [1.54, 1.807) is 31.2 Å². The molecule has 0 aliphatic rings. The summed E-state index contributed by atoms with van der Waals surface area (Å²) in [6.07, 6.45) is 2.55. The molecular formula is C21H22BrN3O3. The summed E-state index contributed by atoms with van der Waals surface area (Å²) in [7, 11) is 3.23. The van der Waals surface area contributed by atoms with Gasteiger partial charge in [-0.05, 0) is 41.8 Å². The summed E-state index contributed by atoms with van der Waals surface area (Å²) in [5.41, 5.74) is 2.02. The summed E-state index contributed by atoms with van der Waals surface area (Å²) in [5, 5.41) is 7.26. The fourth-order valence-electron chi connectivity index (χ4n) is 2.88. The van der Waals surface area contributed by atoms with Gasteiger partial charge < -0.3 is 14.8 Å². The van der Waals surface area contributed by atoms with Crippen molar-refractivity contribution in [1.82, 2.24) is 9.78 Å². The molecular weight excluding hydrogens is 422 g/mol. The van der Waals surface area contributed by atoms with E-state index in [1.807, 2.05) is 42.5 Å². The van der Waals surface area contributed by atoms with E-state index in [0.29, 0.717) is 25.2 Å². The molecule has 0 saturated carbocycles. The Bertz CT molecular complexity index is 956. The van der Waals surface area contributed by atoms with Crippen LogP contribution in [0.1, 0.15) is 17.5 Å². The molecule has 1 aromatic heterocycles. The summed E-state index contributed by atoms with van der Waals surface area (Å²) >= 11 is 3.54. The highest BCUT2D eigenvalue weighted by atomic mass is 79.9. The fourth-order valence-corrected chi connectivity index (χ4v) is 3.29. The molecule has 3 aromatic rings. The lowest BCUT2D eigenvalue weighted by molar-refractivity contribution is -0.116. The average molecular weight is 444 g/mol.